The summed E-state index contributed by atoms with van der Waals surface area (Å²) in [5.74, 6) is 0. The molecule has 0 aliphatic carbocycles. The van der Waals surface area contributed by atoms with Gasteiger partial charge in [0.1, 0.15) is 6.10 Å². The SMILES string of the molecule is COC(COS(=O)(=O)c1ccc(C)cc1)C(c1ccccc1)n1cc(C)c2cc(Cl)ccc21. The highest BCUT2D eigenvalue weighted by molar-refractivity contribution is 7.86. The minimum absolute atomic E-state index is 0.121. The van der Waals surface area contributed by atoms with Crippen molar-refractivity contribution in [2.45, 2.75) is 30.9 Å². The summed E-state index contributed by atoms with van der Waals surface area (Å²) < 4.78 is 39.0. The van der Waals surface area contributed by atoms with Crippen LogP contribution in [0, 0.1) is 13.8 Å². The highest BCUT2D eigenvalue weighted by Gasteiger charge is 2.29. The van der Waals surface area contributed by atoms with Crippen LogP contribution >= 0.6 is 11.6 Å². The molecular weight excluding hydrogens is 458 g/mol. The van der Waals surface area contributed by atoms with Crippen molar-refractivity contribution in [1.29, 1.82) is 0 Å². The number of ether oxygens (including phenoxy) is 1. The minimum Gasteiger partial charge on any atom is -0.376 e. The van der Waals surface area contributed by atoms with E-state index in [4.69, 9.17) is 20.5 Å². The molecule has 1 aromatic heterocycles. The lowest BCUT2D eigenvalue weighted by atomic mass is 10.0. The number of methoxy groups -OCH3 is 1. The van der Waals surface area contributed by atoms with Crippen molar-refractivity contribution in [2.24, 2.45) is 0 Å². The molecule has 1 heterocycles. The number of aryl methyl sites for hydroxylation is 2. The number of hydrogen-bond donors (Lipinski definition) is 0. The maximum atomic E-state index is 12.8. The molecule has 7 heteroatoms. The molecule has 0 saturated carbocycles. The van der Waals surface area contributed by atoms with E-state index in [0.29, 0.717) is 5.02 Å². The second-order valence-corrected chi connectivity index (χ2v) is 10.1. The zero-order chi connectivity index (χ0) is 23.6. The van der Waals surface area contributed by atoms with E-state index in [9.17, 15) is 8.42 Å². The van der Waals surface area contributed by atoms with Gasteiger partial charge in [-0.25, -0.2) is 0 Å². The van der Waals surface area contributed by atoms with E-state index >= 15 is 0 Å². The first-order chi connectivity index (χ1) is 15.8. The first-order valence-electron chi connectivity index (χ1n) is 10.6. The Bertz CT molecular complexity index is 1350. The minimum atomic E-state index is -3.93. The summed E-state index contributed by atoms with van der Waals surface area (Å²) in [4.78, 5) is 0.121. The van der Waals surface area contributed by atoms with Gasteiger partial charge >= 0.3 is 0 Å². The summed E-state index contributed by atoms with van der Waals surface area (Å²) in [5.41, 5.74) is 4.00. The Balaban J connectivity index is 1.72. The third kappa shape index (κ3) is 4.99. The second kappa shape index (κ2) is 9.69. The Kier molecular flexibility index (Phi) is 6.91. The molecule has 0 saturated heterocycles. The highest BCUT2D eigenvalue weighted by atomic mass is 35.5. The molecule has 0 fully saturated rings. The van der Waals surface area contributed by atoms with Crippen LogP contribution in [0.4, 0.5) is 0 Å². The van der Waals surface area contributed by atoms with Crippen molar-refractivity contribution in [1.82, 2.24) is 4.57 Å². The van der Waals surface area contributed by atoms with Gasteiger partial charge in [0.2, 0.25) is 0 Å². The van der Waals surface area contributed by atoms with Crippen LogP contribution in [0.2, 0.25) is 5.02 Å². The Morgan fingerprint density at radius 2 is 1.67 bits per heavy atom. The van der Waals surface area contributed by atoms with Gasteiger partial charge in [-0.3, -0.25) is 4.18 Å². The van der Waals surface area contributed by atoms with E-state index in [1.165, 1.54) is 0 Å². The Labute approximate surface area is 199 Å². The van der Waals surface area contributed by atoms with Gasteiger partial charge in [-0.1, -0.05) is 59.6 Å². The molecule has 4 rings (SSSR count). The molecule has 0 N–H and O–H groups in total. The molecule has 0 radical (unpaired) electrons. The number of aromatic nitrogens is 1. The molecule has 33 heavy (non-hydrogen) atoms. The fraction of sp³-hybridized carbons (Fsp3) is 0.231. The van der Waals surface area contributed by atoms with E-state index in [0.717, 1.165) is 27.6 Å². The van der Waals surface area contributed by atoms with Gasteiger partial charge < -0.3 is 9.30 Å². The van der Waals surface area contributed by atoms with Crippen molar-refractivity contribution in [3.8, 4) is 0 Å². The molecule has 0 bridgehead atoms. The van der Waals surface area contributed by atoms with Crippen LogP contribution in [0.3, 0.4) is 0 Å². The van der Waals surface area contributed by atoms with Crippen molar-refractivity contribution in [3.63, 3.8) is 0 Å². The van der Waals surface area contributed by atoms with Crippen molar-refractivity contribution < 1.29 is 17.3 Å². The summed E-state index contributed by atoms with van der Waals surface area (Å²) in [6.45, 7) is 3.79. The maximum absolute atomic E-state index is 12.8. The zero-order valence-electron chi connectivity index (χ0n) is 18.7. The van der Waals surface area contributed by atoms with Gasteiger partial charge in [0.25, 0.3) is 10.1 Å². The molecule has 0 spiro atoms. The van der Waals surface area contributed by atoms with Gasteiger partial charge in [-0.2, -0.15) is 8.42 Å². The molecule has 172 valence electrons. The predicted octanol–water partition coefficient (Wildman–Crippen LogP) is 5.92. The summed E-state index contributed by atoms with van der Waals surface area (Å²) >= 11 is 6.23. The van der Waals surface area contributed by atoms with Crippen LogP contribution in [0.15, 0.2) is 83.9 Å². The van der Waals surface area contributed by atoms with Crippen molar-refractivity contribution in [3.05, 3.63) is 101 Å². The second-order valence-electron chi connectivity index (χ2n) is 8.06. The normalized spacial score (nSPS) is 13.8. The van der Waals surface area contributed by atoms with Gasteiger partial charge in [0, 0.05) is 29.2 Å². The first kappa shape index (κ1) is 23.5. The van der Waals surface area contributed by atoms with Crippen LogP contribution in [0.1, 0.15) is 22.7 Å². The first-order valence-corrected chi connectivity index (χ1v) is 12.4. The Morgan fingerprint density at radius 3 is 2.33 bits per heavy atom. The van der Waals surface area contributed by atoms with E-state index in [2.05, 4.69) is 4.57 Å². The molecule has 0 aliphatic rings. The monoisotopic (exact) mass is 483 g/mol. The fourth-order valence-corrected chi connectivity index (χ4v) is 5.14. The van der Waals surface area contributed by atoms with Crippen LogP contribution in [0.5, 0.6) is 0 Å². The lowest BCUT2D eigenvalue weighted by molar-refractivity contribution is 0.0336. The van der Waals surface area contributed by atoms with E-state index in [-0.39, 0.29) is 17.5 Å². The van der Waals surface area contributed by atoms with E-state index < -0.39 is 16.2 Å². The van der Waals surface area contributed by atoms with Gasteiger partial charge in [0.05, 0.1) is 17.5 Å². The average molecular weight is 484 g/mol. The average Bonchev–Trinajstić information content (AvgIpc) is 3.12. The molecule has 4 aromatic rings. The lowest BCUT2D eigenvalue weighted by Gasteiger charge is -2.28. The third-order valence-corrected chi connectivity index (χ3v) is 7.32. The molecular formula is C26H26ClNO4S. The molecule has 0 aliphatic heterocycles. The van der Waals surface area contributed by atoms with Gasteiger partial charge in [-0.15, -0.1) is 0 Å². The number of hydrogen-bond acceptors (Lipinski definition) is 4. The molecule has 2 atom stereocenters. The van der Waals surface area contributed by atoms with Crippen LogP contribution in [-0.4, -0.2) is 32.8 Å². The Hall–Kier alpha value is -2.64. The third-order valence-electron chi connectivity index (χ3n) is 5.79. The van der Waals surface area contributed by atoms with Crippen LogP contribution < -0.4 is 0 Å². The standard InChI is InChI=1S/C26H26ClNO4S/c1-18-9-12-22(13-10-18)33(29,30)32-17-25(31-3)26(20-7-5-4-6-8-20)28-16-19(2)23-15-21(27)11-14-24(23)28/h4-16,25-26H,17H2,1-3H3. The molecule has 2 unspecified atom stereocenters. The van der Waals surface area contributed by atoms with E-state index in [1.54, 1.807) is 31.4 Å². The highest BCUT2D eigenvalue weighted by Crippen LogP contribution is 2.33. The number of halogens is 1. The zero-order valence-corrected chi connectivity index (χ0v) is 20.3. The lowest BCUT2D eigenvalue weighted by Crippen LogP contribution is -2.32. The Morgan fingerprint density at radius 1 is 0.970 bits per heavy atom. The topological polar surface area (TPSA) is 57.5 Å². The quantitative estimate of drug-likeness (QED) is 0.292. The van der Waals surface area contributed by atoms with Crippen LogP contribution in [-0.2, 0) is 19.0 Å². The fourth-order valence-electron chi connectivity index (χ4n) is 4.05. The summed E-state index contributed by atoms with van der Waals surface area (Å²) in [6.07, 6.45) is 1.47. The van der Waals surface area contributed by atoms with Crippen molar-refractivity contribution in [2.75, 3.05) is 13.7 Å². The number of fused-ring (bicyclic) bond motifs is 1. The molecule has 5 nitrogen and oxygen atoms in total. The number of benzene rings is 3. The predicted molar refractivity (Wildman–Crippen MR) is 131 cm³/mol. The molecule has 3 aromatic carbocycles. The van der Waals surface area contributed by atoms with Gasteiger partial charge in [0.15, 0.2) is 0 Å². The summed E-state index contributed by atoms with van der Waals surface area (Å²) in [7, 11) is -2.36. The maximum Gasteiger partial charge on any atom is 0.297 e. The smallest absolute Gasteiger partial charge is 0.297 e. The van der Waals surface area contributed by atoms with Crippen molar-refractivity contribution >= 4 is 32.6 Å². The molecule has 0 amide bonds. The van der Waals surface area contributed by atoms with Crippen LogP contribution in [0.25, 0.3) is 10.9 Å². The number of rotatable bonds is 8. The summed E-state index contributed by atoms with van der Waals surface area (Å²) in [5, 5.41) is 1.70. The largest absolute Gasteiger partial charge is 0.376 e. The summed E-state index contributed by atoms with van der Waals surface area (Å²) in [6, 6.07) is 21.9. The van der Waals surface area contributed by atoms with Gasteiger partial charge in [-0.05, 0) is 55.3 Å². The van der Waals surface area contributed by atoms with E-state index in [1.807, 2.05) is 68.6 Å². The number of nitrogens with zero attached hydrogens (tertiary/aromatic N) is 1.